The highest BCUT2D eigenvalue weighted by molar-refractivity contribution is 5.74. The molecule has 2 heterocycles. The largest absolute Gasteiger partial charge is 0.508 e. The van der Waals surface area contributed by atoms with Crippen molar-refractivity contribution in [2.24, 2.45) is 0 Å². The van der Waals surface area contributed by atoms with Gasteiger partial charge in [-0.25, -0.2) is 4.79 Å². The third-order valence-electron chi connectivity index (χ3n) is 4.59. The number of rotatable bonds is 4. The van der Waals surface area contributed by atoms with E-state index in [0.717, 1.165) is 31.6 Å². The van der Waals surface area contributed by atoms with Gasteiger partial charge in [-0.15, -0.1) is 0 Å². The van der Waals surface area contributed by atoms with Gasteiger partial charge in [0.2, 0.25) is 5.89 Å². The zero-order valence-corrected chi connectivity index (χ0v) is 13.9. The molecule has 1 saturated heterocycles. The van der Waals surface area contributed by atoms with E-state index < -0.39 is 0 Å². The van der Waals surface area contributed by atoms with Crippen molar-refractivity contribution >= 4 is 11.7 Å². The Hall–Kier alpha value is -2.77. The Kier molecular flexibility index (Phi) is 4.17. The first-order valence-corrected chi connectivity index (χ1v) is 8.58. The minimum absolute atomic E-state index is 0.108. The molecule has 0 radical (unpaired) electrons. The van der Waals surface area contributed by atoms with Gasteiger partial charge in [0.25, 0.3) is 0 Å². The molecule has 0 atom stereocenters. The summed E-state index contributed by atoms with van der Waals surface area (Å²) in [5.74, 6) is 1.89. The molecule has 1 aliphatic heterocycles. The summed E-state index contributed by atoms with van der Waals surface area (Å²) in [4.78, 5) is 20.6. The number of nitrogens with zero attached hydrogens (tertiary/aromatic N) is 4. The number of hydrogen-bond donors (Lipinski definition) is 2. The van der Waals surface area contributed by atoms with Crippen molar-refractivity contribution in [3.8, 4) is 5.75 Å². The average molecular weight is 343 g/mol. The molecule has 8 nitrogen and oxygen atoms in total. The SMILES string of the molecule is O=C(NCc1noc(C2CC2)n1)N1CCN(c2ccc(O)cc2)CC1. The molecular formula is C17H21N5O3. The van der Waals surface area contributed by atoms with E-state index >= 15 is 0 Å². The number of phenolic OH excluding ortho intramolecular Hbond substituents is 1. The first-order valence-electron chi connectivity index (χ1n) is 8.58. The summed E-state index contributed by atoms with van der Waals surface area (Å²) < 4.78 is 5.19. The van der Waals surface area contributed by atoms with E-state index in [1.165, 1.54) is 0 Å². The standard InChI is InChI=1S/C17H21N5O3/c23-14-5-3-13(4-6-14)21-7-9-22(10-8-21)17(24)18-11-15-19-16(25-20-15)12-1-2-12/h3-6,12,23H,1-2,7-11H2,(H,18,24). The van der Waals surface area contributed by atoms with Crippen molar-refractivity contribution in [2.75, 3.05) is 31.1 Å². The van der Waals surface area contributed by atoms with Crippen molar-refractivity contribution in [3.05, 3.63) is 36.0 Å². The molecule has 2 fully saturated rings. The highest BCUT2D eigenvalue weighted by atomic mass is 16.5. The molecule has 1 aliphatic carbocycles. The number of amides is 2. The molecule has 2 N–H and O–H groups in total. The highest BCUT2D eigenvalue weighted by Gasteiger charge is 2.29. The van der Waals surface area contributed by atoms with Gasteiger partial charge in [0.05, 0.1) is 6.54 Å². The van der Waals surface area contributed by atoms with Gasteiger partial charge in [-0.05, 0) is 37.1 Å². The van der Waals surface area contributed by atoms with Crippen LogP contribution in [0.1, 0.15) is 30.5 Å². The molecule has 0 unspecified atom stereocenters. The summed E-state index contributed by atoms with van der Waals surface area (Å²) in [5.41, 5.74) is 1.05. The predicted octanol–water partition coefficient (Wildman–Crippen LogP) is 1.68. The van der Waals surface area contributed by atoms with Crippen LogP contribution in [0.5, 0.6) is 5.75 Å². The fourth-order valence-corrected chi connectivity index (χ4v) is 2.93. The van der Waals surface area contributed by atoms with Crippen LogP contribution < -0.4 is 10.2 Å². The van der Waals surface area contributed by atoms with E-state index in [2.05, 4.69) is 20.4 Å². The van der Waals surface area contributed by atoms with Crippen LogP contribution in [0.2, 0.25) is 0 Å². The summed E-state index contributed by atoms with van der Waals surface area (Å²) in [6, 6.07) is 7.02. The lowest BCUT2D eigenvalue weighted by molar-refractivity contribution is 0.193. The van der Waals surface area contributed by atoms with Crippen LogP contribution in [0.4, 0.5) is 10.5 Å². The fourth-order valence-electron chi connectivity index (χ4n) is 2.93. The quantitative estimate of drug-likeness (QED) is 0.877. The van der Waals surface area contributed by atoms with E-state index in [9.17, 15) is 9.90 Å². The lowest BCUT2D eigenvalue weighted by atomic mass is 10.2. The van der Waals surface area contributed by atoms with Crippen LogP contribution in [0.15, 0.2) is 28.8 Å². The summed E-state index contributed by atoms with van der Waals surface area (Å²) in [5, 5.41) is 16.1. The molecule has 2 aromatic rings. The molecule has 2 amide bonds. The zero-order chi connectivity index (χ0) is 17.2. The fraction of sp³-hybridized carbons (Fsp3) is 0.471. The highest BCUT2D eigenvalue weighted by Crippen LogP contribution is 2.38. The van der Waals surface area contributed by atoms with Crippen molar-refractivity contribution < 1.29 is 14.4 Å². The van der Waals surface area contributed by atoms with Gasteiger partial charge >= 0.3 is 6.03 Å². The minimum Gasteiger partial charge on any atom is -0.508 e. The first kappa shape index (κ1) is 15.7. The zero-order valence-electron chi connectivity index (χ0n) is 13.9. The lowest BCUT2D eigenvalue weighted by Gasteiger charge is -2.36. The van der Waals surface area contributed by atoms with Crippen LogP contribution in [-0.4, -0.2) is 52.4 Å². The molecule has 132 valence electrons. The molecular weight excluding hydrogens is 322 g/mol. The van der Waals surface area contributed by atoms with E-state index in [-0.39, 0.29) is 18.3 Å². The summed E-state index contributed by atoms with van der Waals surface area (Å²) in [7, 11) is 0. The Morgan fingerprint density at radius 1 is 1.20 bits per heavy atom. The van der Waals surface area contributed by atoms with Gasteiger partial charge in [0, 0.05) is 37.8 Å². The molecule has 0 spiro atoms. The van der Waals surface area contributed by atoms with Crippen molar-refractivity contribution in [2.45, 2.75) is 25.3 Å². The monoisotopic (exact) mass is 343 g/mol. The van der Waals surface area contributed by atoms with Crippen LogP contribution in [0, 0.1) is 0 Å². The van der Waals surface area contributed by atoms with E-state index in [1.54, 1.807) is 17.0 Å². The molecule has 1 saturated carbocycles. The second-order valence-electron chi connectivity index (χ2n) is 6.47. The van der Waals surface area contributed by atoms with Gasteiger partial charge in [-0.2, -0.15) is 4.98 Å². The Balaban J connectivity index is 1.25. The van der Waals surface area contributed by atoms with E-state index in [4.69, 9.17) is 4.52 Å². The van der Waals surface area contributed by atoms with Gasteiger partial charge in [-0.3, -0.25) is 0 Å². The van der Waals surface area contributed by atoms with Crippen molar-refractivity contribution in [3.63, 3.8) is 0 Å². The van der Waals surface area contributed by atoms with Crippen LogP contribution >= 0.6 is 0 Å². The maximum atomic E-state index is 12.3. The molecule has 8 heteroatoms. The summed E-state index contributed by atoms with van der Waals surface area (Å²) >= 11 is 0. The average Bonchev–Trinajstić information content (AvgIpc) is 3.39. The Bertz CT molecular complexity index is 733. The normalized spacial score (nSPS) is 17.6. The lowest BCUT2D eigenvalue weighted by Crippen LogP contribution is -2.51. The number of aromatic hydroxyl groups is 1. The smallest absolute Gasteiger partial charge is 0.317 e. The number of carbonyl (C=O) groups is 1. The topological polar surface area (TPSA) is 94.7 Å². The second-order valence-corrected chi connectivity index (χ2v) is 6.47. The third-order valence-corrected chi connectivity index (χ3v) is 4.59. The van der Waals surface area contributed by atoms with E-state index in [0.29, 0.717) is 30.7 Å². The third kappa shape index (κ3) is 3.67. The van der Waals surface area contributed by atoms with Crippen molar-refractivity contribution in [1.29, 1.82) is 0 Å². The molecule has 0 bridgehead atoms. The molecule has 4 rings (SSSR count). The first-order chi connectivity index (χ1) is 12.2. The maximum Gasteiger partial charge on any atom is 0.317 e. The number of phenols is 1. The molecule has 2 aliphatic rings. The number of benzene rings is 1. The van der Waals surface area contributed by atoms with Gasteiger partial charge < -0.3 is 24.7 Å². The second kappa shape index (κ2) is 6.62. The van der Waals surface area contributed by atoms with E-state index in [1.807, 2.05) is 12.1 Å². The van der Waals surface area contributed by atoms with Gasteiger partial charge in [-0.1, -0.05) is 5.16 Å². The number of nitrogens with one attached hydrogen (secondary N) is 1. The summed E-state index contributed by atoms with van der Waals surface area (Å²) in [6.45, 7) is 3.09. The number of carbonyl (C=O) groups excluding carboxylic acids is 1. The number of piperazine rings is 1. The Labute approximate surface area is 145 Å². The molecule has 25 heavy (non-hydrogen) atoms. The molecule has 1 aromatic heterocycles. The molecule has 1 aromatic carbocycles. The predicted molar refractivity (Wildman–Crippen MR) is 90.4 cm³/mol. The van der Waals surface area contributed by atoms with Crippen LogP contribution in [0.25, 0.3) is 0 Å². The van der Waals surface area contributed by atoms with Crippen LogP contribution in [-0.2, 0) is 6.54 Å². The minimum atomic E-state index is -0.108. The maximum absolute atomic E-state index is 12.3. The van der Waals surface area contributed by atoms with Gasteiger partial charge in [0.15, 0.2) is 5.82 Å². The Morgan fingerprint density at radius 2 is 1.92 bits per heavy atom. The number of aromatic nitrogens is 2. The number of hydrogen-bond acceptors (Lipinski definition) is 6. The number of anilines is 1. The van der Waals surface area contributed by atoms with Crippen LogP contribution in [0.3, 0.4) is 0 Å². The Morgan fingerprint density at radius 3 is 2.60 bits per heavy atom. The van der Waals surface area contributed by atoms with Crippen molar-refractivity contribution in [1.82, 2.24) is 20.4 Å². The number of urea groups is 1. The summed E-state index contributed by atoms with van der Waals surface area (Å²) in [6.07, 6.45) is 2.22. The van der Waals surface area contributed by atoms with Gasteiger partial charge in [0.1, 0.15) is 5.75 Å².